The number of aromatic hydroxyl groups is 1. The van der Waals surface area contributed by atoms with Gasteiger partial charge in [-0.1, -0.05) is 0 Å². The molecule has 2 rings (SSSR count). The molecule has 1 aromatic rings. The number of aliphatic imine (C=N–C) groups is 1. The number of nitrogens with zero attached hydrogens (tertiary/aromatic N) is 3. The zero-order valence-corrected chi connectivity index (χ0v) is 11.0. The molecule has 0 aliphatic carbocycles. The summed E-state index contributed by atoms with van der Waals surface area (Å²) in [4.78, 5) is 38.2. The highest BCUT2D eigenvalue weighted by molar-refractivity contribution is 8.14. The summed E-state index contributed by atoms with van der Waals surface area (Å²) >= 11 is 1.06. The fraction of sp³-hybridized carbons (Fsp3) is 0.400. The summed E-state index contributed by atoms with van der Waals surface area (Å²) in [6.45, 7) is 0. The Labute approximate surface area is 111 Å². The maximum Gasteiger partial charge on any atom is 0.333 e. The van der Waals surface area contributed by atoms with Gasteiger partial charge < -0.3 is 10.2 Å². The summed E-state index contributed by atoms with van der Waals surface area (Å²) in [5.41, 5.74) is -1.50. The number of aromatic nitrogens is 2. The molecule has 1 unspecified atom stereocenters. The fourth-order valence-electron chi connectivity index (χ4n) is 1.66. The molecule has 102 valence electrons. The van der Waals surface area contributed by atoms with Crippen LogP contribution in [0.3, 0.4) is 0 Å². The predicted molar refractivity (Wildman–Crippen MR) is 69.0 cm³/mol. The highest BCUT2D eigenvalue weighted by Crippen LogP contribution is 2.25. The number of rotatable bonds is 2. The second-order valence-electron chi connectivity index (χ2n) is 4.00. The first kappa shape index (κ1) is 13.4. The Morgan fingerprint density at radius 3 is 2.53 bits per heavy atom. The van der Waals surface area contributed by atoms with Crippen molar-refractivity contribution in [3.05, 3.63) is 26.4 Å². The van der Waals surface area contributed by atoms with Crippen LogP contribution in [0.2, 0.25) is 0 Å². The van der Waals surface area contributed by atoms with E-state index in [0.717, 1.165) is 20.9 Å². The van der Waals surface area contributed by atoms with Crippen LogP contribution < -0.4 is 11.2 Å². The molecule has 9 heteroatoms. The van der Waals surface area contributed by atoms with Crippen molar-refractivity contribution in [1.29, 1.82) is 0 Å². The Balaban J connectivity index is 2.66. The van der Waals surface area contributed by atoms with Crippen molar-refractivity contribution in [3.63, 3.8) is 0 Å². The summed E-state index contributed by atoms with van der Waals surface area (Å²) in [6, 6.07) is -0.943. The van der Waals surface area contributed by atoms with E-state index in [1.807, 2.05) is 0 Å². The second-order valence-corrected chi connectivity index (χ2v) is 5.01. The molecule has 0 amide bonds. The molecule has 0 radical (unpaired) electrons. The van der Waals surface area contributed by atoms with Crippen molar-refractivity contribution < 1.29 is 15.0 Å². The van der Waals surface area contributed by atoms with Gasteiger partial charge in [-0.05, 0) is 0 Å². The van der Waals surface area contributed by atoms with Crippen LogP contribution in [0.15, 0.2) is 14.6 Å². The second kappa shape index (κ2) is 4.57. The average Bonchev–Trinajstić information content (AvgIpc) is 2.84. The van der Waals surface area contributed by atoms with Gasteiger partial charge in [0.05, 0.1) is 0 Å². The fourth-order valence-corrected chi connectivity index (χ4v) is 2.72. The number of thioether (sulfide) groups is 1. The lowest BCUT2D eigenvalue weighted by molar-refractivity contribution is -0.137. The van der Waals surface area contributed by atoms with Crippen LogP contribution in [0.1, 0.15) is 5.56 Å². The van der Waals surface area contributed by atoms with E-state index < -0.39 is 29.1 Å². The number of hydrogen-bond donors (Lipinski definition) is 2. The highest BCUT2D eigenvalue weighted by Gasteiger charge is 2.29. The normalized spacial score (nSPS) is 18.4. The third-order valence-corrected chi connectivity index (χ3v) is 3.85. The Kier molecular flexibility index (Phi) is 3.23. The third-order valence-electron chi connectivity index (χ3n) is 2.78. The molecule has 0 saturated carbocycles. The van der Waals surface area contributed by atoms with Crippen LogP contribution in [0, 0.1) is 0 Å². The van der Waals surface area contributed by atoms with Gasteiger partial charge in [0, 0.05) is 19.8 Å². The van der Waals surface area contributed by atoms with E-state index in [1.165, 1.54) is 14.1 Å². The summed E-state index contributed by atoms with van der Waals surface area (Å²) in [7, 11) is 2.60. The Morgan fingerprint density at radius 2 is 2.00 bits per heavy atom. The smallest absolute Gasteiger partial charge is 0.333 e. The van der Waals surface area contributed by atoms with E-state index in [0.29, 0.717) is 0 Å². The van der Waals surface area contributed by atoms with E-state index in [-0.39, 0.29) is 16.4 Å². The molecule has 1 aliphatic heterocycles. The molecule has 19 heavy (non-hydrogen) atoms. The van der Waals surface area contributed by atoms with Crippen LogP contribution in [-0.4, -0.2) is 42.2 Å². The molecule has 0 saturated heterocycles. The van der Waals surface area contributed by atoms with Crippen LogP contribution in [0.4, 0.5) is 0 Å². The minimum atomic E-state index is -1.09. The van der Waals surface area contributed by atoms with Gasteiger partial charge >= 0.3 is 11.7 Å². The number of carboxylic acid groups (broad SMARTS) is 1. The number of hydrogen-bond acceptors (Lipinski definition) is 6. The number of carboxylic acids is 1. The van der Waals surface area contributed by atoms with Gasteiger partial charge in [-0.15, -0.1) is 11.8 Å². The van der Waals surface area contributed by atoms with E-state index in [1.54, 1.807) is 0 Å². The molecule has 2 heterocycles. The van der Waals surface area contributed by atoms with Crippen molar-refractivity contribution in [3.8, 4) is 5.88 Å². The van der Waals surface area contributed by atoms with Crippen LogP contribution in [-0.2, 0) is 18.9 Å². The molecule has 0 aromatic carbocycles. The van der Waals surface area contributed by atoms with Gasteiger partial charge in [-0.2, -0.15) is 0 Å². The molecule has 1 aliphatic rings. The van der Waals surface area contributed by atoms with Crippen molar-refractivity contribution in [2.75, 3.05) is 5.75 Å². The maximum absolute atomic E-state index is 12.0. The van der Waals surface area contributed by atoms with Gasteiger partial charge in [-0.25, -0.2) is 9.59 Å². The quantitative estimate of drug-likeness (QED) is 0.701. The molecular weight excluding hydrogens is 274 g/mol. The summed E-state index contributed by atoms with van der Waals surface area (Å²) in [5.74, 6) is -1.41. The first-order valence-electron chi connectivity index (χ1n) is 5.27. The van der Waals surface area contributed by atoms with Crippen LogP contribution in [0.25, 0.3) is 0 Å². The van der Waals surface area contributed by atoms with E-state index >= 15 is 0 Å². The topological polar surface area (TPSA) is 114 Å². The Bertz CT molecular complexity index is 702. The molecule has 0 fully saturated rings. The first-order chi connectivity index (χ1) is 8.84. The Morgan fingerprint density at radius 1 is 1.37 bits per heavy atom. The maximum atomic E-state index is 12.0. The molecule has 1 atom stereocenters. The van der Waals surface area contributed by atoms with Crippen molar-refractivity contribution in [1.82, 2.24) is 9.13 Å². The minimum absolute atomic E-state index is 0.140. The molecule has 2 N–H and O–H groups in total. The van der Waals surface area contributed by atoms with E-state index in [2.05, 4.69) is 4.99 Å². The molecule has 0 bridgehead atoms. The van der Waals surface area contributed by atoms with E-state index in [9.17, 15) is 19.5 Å². The van der Waals surface area contributed by atoms with Crippen molar-refractivity contribution in [2.45, 2.75) is 6.04 Å². The van der Waals surface area contributed by atoms with Crippen molar-refractivity contribution >= 4 is 22.8 Å². The van der Waals surface area contributed by atoms with Crippen molar-refractivity contribution in [2.24, 2.45) is 19.1 Å². The SMILES string of the molecule is Cn1c(O)c(C2=NC(C(=O)O)CS2)c(=O)n(C)c1=O. The zero-order chi connectivity index (χ0) is 14.3. The zero-order valence-electron chi connectivity index (χ0n) is 10.2. The Hall–Kier alpha value is -2.03. The van der Waals surface area contributed by atoms with Crippen LogP contribution in [0.5, 0.6) is 5.88 Å². The van der Waals surface area contributed by atoms with Crippen LogP contribution >= 0.6 is 11.8 Å². The summed E-state index contributed by atoms with van der Waals surface area (Å²) in [6.07, 6.45) is 0. The largest absolute Gasteiger partial charge is 0.494 e. The molecule has 8 nitrogen and oxygen atoms in total. The standard InChI is InChI=1S/C10H11N3O5S/c1-12-7(14)5(8(15)13(2)10(12)18)6-11-4(3-19-6)9(16)17/h4,14H,3H2,1-2H3,(H,16,17). The van der Waals surface area contributed by atoms with Gasteiger partial charge in [0.15, 0.2) is 6.04 Å². The summed E-state index contributed by atoms with van der Waals surface area (Å²) < 4.78 is 1.75. The number of carbonyl (C=O) groups is 1. The third kappa shape index (κ3) is 2.05. The monoisotopic (exact) mass is 285 g/mol. The molecular formula is C10H11N3O5S. The summed E-state index contributed by atoms with van der Waals surface area (Å²) in [5, 5.41) is 18.9. The minimum Gasteiger partial charge on any atom is -0.494 e. The first-order valence-corrected chi connectivity index (χ1v) is 6.26. The van der Waals surface area contributed by atoms with Gasteiger partial charge in [0.2, 0.25) is 5.88 Å². The molecule has 1 aromatic heterocycles. The predicted octanol–water partition coefficient (Wildman–Crippen LogP) is -1.26. The lowest BCUT2D eigenvalue weighted by Crippen LogP contribution is -2.39. The van der Waals surface area contributed by atoms with Gasteiger partial charge in [-0.3, -0.25) is 18.9 Å². The molecule has 0 spiro atoms. The number of aliphatic carboxylic acids is 1. The van der Waals surface area contributed by atoms with E-state index in [4.69, 9.17) is 5.11 Å². The lowest BCUT2D eigenvalue weighted by atomic mass is 10.3. The lowest BCUT2D eigenvalue weighted by Gasteiger charge is -2.09. The average molecular weight is 285 g/mol. The van der Waals surface area contributed by atoms with Gasteiger partial charge in [0.1, 0.15) is 10.6 Å². The van der Waals surface area contributed by atoms with Gasteiger partial charge in [0.25, 0.3) is 5.56 Å². The highest BCUT2D eigenvalue weighted by atomic mass is 32.2.